The summed E-state index contributed by atoms with van der Waals surface area (Å²) in [5.41, 5.74) is 7.67. The van der Waals surface area contributed by atoms with Crippen LogP contribution in [0.5, 0.6) is 0 Å². The van der Waals surface area contributed by atoms with Gasteiger partial charge in [0.15, 0.2) is 0 Å². The molecule has 28 heavy (non-hydrogen) atoms. The van der Waals surface area contributed by atoms with Gasteiger partial charge in [0.2, 0.25) is 0 Å². The van der Waals surface area contributed by atoms with E-state index in [2.05, 4.69) is 58.7 Å². The average Bonchev–Trinajstić information content (AvgIpc) is 2.96. The molecule has 1 aromatic heterocycles. The number of carbonyl (C=O) groups excluding carboxylic acids is 1. The van der Waals surface area contributed by atoms with Crippen molar-refractivity contribution in [1.29, 1.82) is 0 Å². The van der Waals surface area contributed by atoms with Crippen LogP contribution in [0.25, 0.3) is 10.9 Å². The lowest BCUT2D eigenvalue weighted by molar-refractivity contribution is 0.0527. The van der Waals surface area contributed by atoms with Crippen molar-refractivity contribution in [3.63, 3.8) is 0 Å². The third-order valence-electron chi connectivity index (χ3n) is 5.62. The van der Waals surface area contributed by atoms with Crippen LogP contribution in [-0.2, 0) is 17.9 Å². The zero-order valence-corrected chi connectivity index (χ0v) is 16.5. The van der Waals surface area contributed by atoms with Gasteiger partial charge in [-0.1, -0.05) is 54.4 Å². The van der Waals surface area contributed by atoms with E-state index in [1.54, 1.807) is 0 Å². The van der Waals surface area contributed by atoms with Gasteiger partial charge < -0.3 is 9.88 Å². The second kappa shape index (κ2) is 8.17. The van der Waals surface area contributed by atoms with Gasteiger partial charge in [0.25, 0.3) is 5.91 Å². The Kier molecular flexibility index (Phi) is 5.46. The van der Waals surface area contributed by atoms with E-state index in [1.165, 1.54) is 31.9 Å². The molecule has 1 aliphatic rings. The first kappa shape index (κ1) is 18.7. The second-order valence-electron chi connectivity index (χ2n) is 7.56. The summed E-state index contributed by atoms with van der Waals surface area (Å²) in [5, 5.41) is 4.73. The summed E-state index contributed by atoms with van der Waals surface area (Å²) in [7, 11) is 1.47. The molecule has 5 heteroatoms. The van der Waals surface area contributed by atoms with Gasteiger partial charge in [-0.15, -0.1) is 0 Å². The van der Waals surface area contributed by atoms with Crippen LogP contribution >= 0.6 is 0 Å². The van der Waals surface area contributed by atoms with Crippen molar-refractivity contribution in [2.45, 2.75) is 45.3 Å². The predicted molar refractivity (Wildman–Crippen MR) is 111 cm³/mol. The number of hydrogen-bond donors (Lipinski definition) is 2. The van der Waals surface area contributed by atoms with E-state index >= 15 is 0 Å². The molecule has 3 aromatic rings. The summed E-state index contributed by atoms with van der Waals surface area (Å²) in [6, 6.07) is 17.2. The lowest BCUT2D eigenvalue weighted by Crippen LogP contribution is -2.35. The van der Waals surface area contributed by atoms with Crippen LogP contribution in [0.3, 0.4) is 0 Å². The topological polar surface area (TPSA) is 55.3 Å². The highest BCUT2D eigenvalue weighted by atomic mass is 16.6. The minimum Gasteiger partial charge on any atom is -0.332 e. The van der Waals surface area contributed by atoms with Crippen LogP contribution in [0.15, 0.2) is 48.5 Å². The van der Waals surface area contributed by atoms with Crippen LogP contribution in [0.1, 0.15) is 46.4 Å². The Morgan fingerprint density at radius 1 is 1.14 bits per heavy atom. The zero-order valence-electron chi connectivity index (χ0n) is 16.5. The first-order chi connectivity index (χ1) is 13.7. The van der Waals surface area contributed by atoms with E-state index in [4.69, 9.17) is 4.84 Å². The number of aryl methyl sites for hydroxylation is 1. The number of amides is 1. The molecule has 1 amide bonds. The van der Waals surface area contributed by atoms with Gasteiger partial charge >= 0.3 is 0 Å². The van der Waals surface area contributed by atoms with Gasteiger partial charge in [-0.3, -0.25) is 9.63 Å². The summed E-state index contributed by atoms with van der Waals surface area (Å²) in [6.07, 6.45) is 3.70. The molecule has 0 unspecified atom stereocenters. The van der Waals surface area contributed by atoms with Crippen LogP contribution in [-0.4, -0.2) is 23.6 Å². The smallest absolute Gasteiger partial charge is 0.291 e. The highest BCUT2D eigenvalue weighted by Gasteiger charge is 2.24. The fraction of sp³-hybridized carbons (Fsp3) is 0.348. The molecule has 0 spiro atoms. The third kappa shape index (κ3) is 3.68. The monoisotopic (exact) mass is 377 g/mol. The summed E-state index contributed by atoms with van der Waals surface area (Å²) < 4.78 is 2.10. The molecular weight excluding hydrogens is 350 g/mol. The third-order valence-corrected chi connectivity index (χ3v) is 5.62. The largest absolute Gasteiger partial charge is 0.332 e. The molecule has 0 saturated heterocycles. The quantitative estimate of drug-likeness (QED) is 0.614. The van der Waals surface area contributed by atoms with Gasteiger partial charge in [-0.2, -0.15) is 0 Å². The van der Waals surface area contributed by atoms with Crippen LogP contribution < -0.4 is 10.8 Å². The minimum atomic E-state index is -0.212. The Morgan fingerprint density at radius 2 is 1.89 bits per heavy atom. The number of nitrogens with one attached hydrogen (secondary N) is 2. The molecule has 1 fully saturated rings. The first-order valence-electron chi connectivity index (χ1n) is 9.89. The molecule has 2 N–H and O–H groups in total. The number of nitrogens with zero attached hydrogens (tertiary/aromatic N) is 1. The summed E-state index contributed by atoms with van der Waals surface area (Å²) in [6.45, 7) is 3.39. The fourth-order valence-corrected chi connectivity index (χ4v) is 3.85. The molecule has 1 saturated carbocycles. The highest BCUT2D eigenvalue weighted by molar-refractivity contribution is 6.01. The molecule has 2 aromatic carbocycles. The van der Waals surface area contributed by atoms with Crippen molar-refractivity contribution in [3.05, 3.63) is 70.9 Å². The van der Waals surface area contributed by atoms with Crippen molar-refractivity contribution in [2.75, 3.05) is 7.11 Å². The van der Waals surface area contributed by atoms with Crippen molar-refractivity contribution < 1.29 is 9.63 Å². The maximum Gasteiger partial charge on any atom is 0.291 e. The van der Waals surface area contributed by atoms with Crippen molar-refractivity contribution >= 4 is 16.8 Å². The molecule has 5 nitrogen and oxygen atoms in total. The number of para-hydroxylation sites is 1. The second-order valence-corrected chi connectivity index (χ2v) is 7.56. The van der Waals surface area contributed by atoms with Gasteiger partial charge in [-0.05, 0) is 31.4 Å². The Bertz CT molecular complexity index is 971. The highest BCUT2D eigenvalue weighted by Crippen LogP contribution is 2.29. The number of fused-ring (bicyclic) bond motifs is 1. The standard InChI is InChI=1S/C23H27N3O2/c1-16-10-12-17(13-11-16)15-26-21-9-4-3-8-19(21)20(14-24-18-6-5-7-18)22(26)23(27)25-28-2/h3-4,8-13,18,24H,5-7,14-15H2,1-2H3,(H,25,27). The number of hydroxylamine groups is 1. The number of hydrogen-bond acceptors (Lipinski definition) is 3. The maximum atomic E-state index is 12.9. The summed E-state index contributed by atoms with van der Waals surface area (Å²) >= 11 is 0. The fourth-order valence-electron chi connectivity index (χ4n) is 3.85. The Labute approximate surface area is 165 Å². The normalized spacial score (nSPS) is 14.2. The molecule has 0 bridgehead atoms. The van der Waals surface area contributed by atoms with E-state index < -0.39 is 0 Å². The molecule has 4 rings (SSSR count). The minimum absolute atomic E-state index is 0.212. The van der Waals surface area contributed by atoms with Gasteiger partial charge in [-0.25, -0.2) is 5.48 Å². The van der Waals surface area contributed by atoms with Gasteiger partial charge in [0, 0.05) is 35.6 Å². The van der Waals surface area contributed by atoms with Crippen molar-refractivity contribution in [2.24, 2.45) is 0 Å². The van der Waals surface area contributed by atoms with Gasteiger partial charge in [0.1, 0.15) is 5.69 Å². The van der Waals surface area contributed by atoms with Crippen molar-refractivity contribution in [1.82, 2.24) is 15.4 Å². The zero-order chi connectivity index (χ0) is 19.5. The molecule has 0 radical (unpaired) electrons. The lowest BCUT2D eigenvalue weighted by Gasteiger charge is -2.26. The van der Waals surface area contributed by atoms with Crippen LogP contribution in [0, 0.1) is 6.92 Å². The molecular formula is C23H27N3O2. The SMILES string of the molecule is CONC(=O)c1c(CNC2CCC2)c2ccccc2n1Cc1ccc(C)cc1. The Morgan fingerprint density at radius 3 is 2.57 bits per heavy atom. The Hall–Kier alpha value is -2.63. The Balaban J connectivity index is 1.79. The average molecular weight is 377 g/mol. The lowest BCUT2D eigenvalue weighted by atomic mass is 9.93. The van der Waals surface area contributed by atoms with Crippen LogP contribution in [0.4, 0.5) is 0 Å². The van der Waals surface area contributed by atoms with E-state index in [1.807, 2.05) is 12.1 Å². The predicted octanol–water partition coefficient (Wildman–Crippen LogP) is 3.93. The molecule has 1 aliphatic carbocycles. The van der Waals surface area contributed by atoms with E-state index in [9.17, 15) is 4.79 Å². The van der Waals surface area contributed by atoms with Crippen molar-refractivity contribution in [3.8, 4) is 0 Å². The number of aromatic nitrogens is 1. The van der Waals surface area contributed by atoms with E-state index in [0.29, 0.717) is 24.8 Å². The number of rotatable bonds is 7. The molecule has 0 aliphatic heterocycles. The van der Waals surface area contributed by atoms with Gasteiger partial charge in [0.05, 0.1) is 7.11 Å². The number of benzene rings is 2. The number of carbonyl (C=O) groups is 1. The molecule has 0 atom stereocenters. The summed E-state index contributed by atoms with van der Waals surface area (Å²) in [5.74, 6) is -0.212. The maximum absolute atomic E-state index is 12.9. The van der Waals surface area contributed by atoms with Crippen LogP contribution in [0.2, 0.25) is 0 Å². The first-order valence-corrected chi connectivity index (χ1v) is 9.89. The summed E-state index contributed by atoms with van der Waals surface area (Å²) in [4.78, 5) is 17.9. The van der Waals surface area contributed by atoms with E-state index in [0.717, 1.165) is 22.0 Å². The molecule has 1 heterocycles. The molecule has 146 valence electrons. The van der Waals surface area contributed by atoms with E-state index in [-0.39, 0.29) is 5.91 Å².